The molecule has 2 atom stereocenters. The van der Waals surface area contributed by atoms with Crippen LogP contribution in [0, 0.1) is 11.8 Å². The van der Waals surface area contributed by atoms with Gasteiger partial charge in [-0.05, 0) is 44.2 Å². The zero-order valence-electron chi connectivity index (χ0n) is 11.1. The van der Waals surface area contributed by atoms with E-state index in [9.17, 15) is 9.59 Å². The predicted molar refractivity (Wildman–Crippen MR) is 69.3 cm³/mol. The Kier molecular flexibility index (Phi) is 6.72. The van der Waals surface area contributed by atoms with Crippen molar-refractivity contribution in [2.45, 2.75) is 39.0 Å². The van der Waals surface area contributed by atoms with Crippen LogP contribution >= 0.6 is 0 Å². The third kappa shape index (κ3) is 6.00. The summed E-state index contributed by atoms with van der Waals surface area (Å²) < 4.78 is 0. The minimum Gasteiger partial charge on any atom is -0.481 e. The first kappa shape index (κ1) is 15.0. The fourth-order valence-corrected chi connectivity index (χ4v) is 2.36. The van der Waals surface area contributed by atoms with Crippen LogP contribution in [0.4, 0.5) is 0 Å². The highest BCUT2D eigenvalue weighted by atomic mass is 16.4. The summed E-state index contributed by atoms with van der Waals surface area (Å²) in [7, 11) is 0. The van der Waals surface area contributed by atoms with Gasteiger partial charge in [0.05, 0.1) is 0 Å². The van der Waals surface area contributed by atoms with Crippen LogP contribution in [0.2, 0.25) is 0 Å². The molecule has 1 fully saturated rings. The second kappa shape index (κ2) is 8.08. The quantitative estimate of drug-likeness (QED) is 0.594. The number of hydrogen-bond donors (Lipinski definition) is 3. The molecule has 2 unspecified atom stereocenters. The number of carboxylic acid groups (broad SMARTS) is 1. The van der Waals surface area contributed by atoms with Gasteiger partial charge in [-0.15, -0.1) is 0 Å². The van der Waals surface area contributed by atoms with E-state index in [4.69, 9.17) is 5.11 Å². The normalized spacial score (nSPS) is 21.3. The summed E-state index contributed by atoms with van der Waals surface area (Å²) in [5, 5.41) is 14.6. The minimum absolute atomic E-state index is 0.0402. The Bertz CT molecular complexity index is 275. The molecule has 18 heavy (non-hydrogen) atoms. The van der Waals surface area contributed by atoms with Crippen molar-refractivity contribution in [1.29, 1.82) is 0 Å². The molecule has 3 N–H and O–H groups in total. The van der Waals surface area contributed by atoms with Gasteiger partial charge in [0, 0.05) is 19.4 Å². The molecule has 5 heteroatoms. The SMILES string of the molecule is CC(CC(=O)NCCCC(=O)O)C1CCCNC1. The van der Waals surface area contributed by atoms with Crippen LogP contribution in [0.25, 0.3) is 0 Å². The molecule has 0 aromatic carbocycles. The molecule has 0 radical (unpaired) electrons. The van der Waals surface area contributed by atoms with Crippen molar-refractivity contribution in [2.75, 3.05) is 19.6 Å². The van der Waals surface area contributed by atoms with E-state index in [1.165, 1.54) is 12.8 Å². The summed E-state index contributed by atoms with van der Waals surface area (Å²) in [6, 6.07) is 0. The van der Waals surface area contributed by atoms with E-state index in [-0.39, 0.29) is 12.3 Å². The van der Waals surface area contributed by atoms with Gasteiger partial charge in [0.1, 0.15) is 0 Å². The Hall–Kier alpha value is -1.10. The Morgan fingerprint density at radius 2 is 2.28 bits per heavy atom. The maximum atomic E-state index is 11.7. The summed E-state index contributed by atoms with van der Waals surface area (Å²) in [5.74, 6) is 0.199. The molecule has 1 saturated heterocycles. The topological polar surface area (TPSA) is 78.4 Å². The fourth-order valence-electron chi connectivity index (χ4n) is 2.36. The molecule has 104 valence electrons. The highest BCUT2D eigenvalue weighted by Gasteiger charge is 2.21. The second-order valence-electron chi connectivity index (χ2n) is 5.14. The third-order valence-corrected chi connectivity index (χ3v) is 3.54. The van der Waals surface area contributed by atoms with E-state index in [1.807, 2.05) is 0 Å². The van der Waals surface area contributed by atoms with Gasteiger partial charge >= 0.3 is 5.97 Å². The van der Waals surface area contributed by atoms with Crippen LogP contribution in [0.5, 0.6) is 0 Å². The molecule has 0 aliphatic carbocycles. The van der Waals surface area contributed by atoms with E-state index in [0.717, 1.165) is 13.1 Å². The number of carbonyl (C=O) groups excluding carboxylic acids is 1. The summed E-state index contributed by atoms with van der Waals surface area (Å²) in [4.78, 5) is 22.0. The lowest BCUT2D eigenvalue weighted by atomic mass is 9.85. The second-order valence-corrected chi connectivity index (χ2v) is 5.14. The number of piperidine rings is 1. The number of aliphatic carboxylic acids is 1. The molecule has 0 spiro atoms. The zero-order valence-corrected chi connectivity index (χ0v) is 11.1. The highest BCUT2D eigenvalue weighted by Crippen LogP contribution is 2.22. The number of rotatable bonds is 7. The lowest BCUT2D eigenvalue weighted by molar-refractivity contribution is -0.137. The van der Waals surface area contributed by atoms with Crippen molar-refractivity contribution in [3.05, 3.63) is 0 Å². The lowest BCUT2D eigenvalue weighted by Crippen LogP contribution is -2.35. The summed E-state index contributed by atoms with van der Waals surface area (Å²) >= 11 is 0. The molecule has 0 bridgehead atoms. The Morgan fingerprint density at radius 3 is 2.89 bits per heavy atom. The maximum absolute atomic E-state index is 11.7. The summed E-state index contributed by atoms with van der Waals surface area (Å²) in [5.41, 5.74) is 0. The standard InChI is InChI=1S/C13H24N2O3/c1-10(11-4-2-6-14-9-11)8-12(16)15-7-3-5-13(17)18/h10-11,14H,2-9H2,1H3,(H,15,16)(H,17,18). The van der Waals surface area contributed by atoms with E-state index >= 15 is 0 Å². The molecular weight excluding hydrogens is 232 g/mol. The Balaban J connectivity index is 2.12. The summed E-state index contributed by atoms with van der Waals surface area (Å²) in [6.45, 7) is 4.67. The monoisotopic (exact) mass is 256 g/mol. The number of nitrogens with one attached hydrogen (secondary N) is 2. The first-order valence-corrected chi connectivity index (χ1v) is 6.79. The number of hydrogen-bond acceptors (Lipinski definition) is 3. The van der Waals surface area contributed by atoms with E-state index in [1.54, 1.807) is 0 Å². The van der Waals surface area contributed by atoms with E-state index in [2.05, 4.69) is 17.6 Å². The molecule has 0 aromatic heterocycles. The molecule has 1 heterocycles. The Morgan fingerprint density at radius 1 is 1.50 bits per heavy atom. The molecule has 0 saturated carbocycles. The van der Waals surface area contributed by atoms with Crippen molar-refractivity contribution in [2.24, 2.45) is 11.8 Å². The van der Waals surface area contributed by atoms with E-state index in [0.29, 0.717) is 31.2 Å². The van der Waals surface area contributed by atoms with Crippen LogP contribution in [-0.2, 0) is 9.59 Å². The van der Waals surface area contributed by atoms with Gasteiger partial charge in [-0.3, -0.25) is 9.59 Å². The first-order chi connectivity index (χ1) is 8.59. The molecule has 1 amide bonds. The average molecular weight is 256 g/mol. The van der Waals surface area contributed by atoms with Crippen molar-refractivity contribution in [1.82, 2.24) is 10.6 Å². The van der Waals surface area contributed by atoms with Gasteiger partial charge in [-0.2, -0.15) is 0 Å². The van der Waals surface area contributed by atoms with Crippen molar-refractivity contribution >= 4 is 11.9 Å². The number of amides is 1. The zero-order chi connectivity index (χ0) is 13.4. The van der Waals surface area contributed by atoms with Crippen molar-refractivity contribution < 1.29 is 14.7 Å². The molecule has 5 nitrogen and oxygen atoms in total. The van der Waals surface area contributed by atoms with Gasteiger partial charge in [0.15, 0.2) is 0 Å². The number of carboxylic acids is 1. The molecule has 1 rings (SSSR count). The van der Waals surface area contributed by atoms with Crippen LogP contribution < -0.4 is 10.6 Å². The molecular formula is C13H24N2O3. The largest absolute Gasteiger partial charge is 0.481 e. The van der Waals surface area contributed by atoms with Crippen LogP contribution in [0.1, 0.15) is 39.0 Å². The highest BCUT2D eigenvalue weighted by molar-refractivity contribution is 5.76. The van der Waals surface area contributed by atoms with Gasteiger partial charge in [0.2, 0.25) is 5.91 Å². The number of carbonyl (C=O) groups is 2. The van der Waals surface area contributed by atoms with Gasteiger partial charge in [-0.25, -0.2) is 0 Å². The average Bonchev–Trinajstić information content (AvgIpc) is 2.35. The van der Waals surface area contributed by atoms with Gasteiger partial charge in [-0.1, -0.05) is 6.92 Å². The maximum Gasteiger partial charge on any atom is 0.303 e. The van der Waals surface area contributed by atoms with E-state index < -0.39 is 5.97 Å². The predicted octanol–water partition coefficient (Wildman–Crippen LogP) is 0.993. The minimum atomic E-state index is -0.814. The summed E-state index contributed by atoms with van der Waals surface area (Å²) in [6.07, 6.45) is 3.54. The van der Waals surface area contributed by atoms with Crippen molar-refractivity contribution in [3.63, 3.8) is 0 Å². The molecule has 1 aliphatic heterocycles. The van der Waals surface area contributed by atoms with Crippen molar-refractivity contribution in [3.8, 4) is 0 Å². The van der Waals surface area contributed by atoms with Crippen LogP contribution in [-0.4, -0.2) is 36.6 Å². The smallest absolute Gasteiger partial charge is 0.303 e. The fraction of sp³-hybridized carbons (Fsp3) is 0.846. The third-order valence-electron chi connectivity index (χ3n) is 3.54. The molecule has 0 aromatic rings. The molecule has 1 aliphatic rings. The lowest BCUT2D eigenvalue weighted by Gasteiger charge is -2.28. The van der Waals surface area contributed by atoms with Gasteiger partial charge < -0.3 is 15.7 Å². The van der Waals surface area contributed by atoms with Gasteiger partial charge in [0.25, 0.3) is 0 Å². The van der Waals surface area contributed by atoms with Crippen LogP contribution in [0.3, 0.4) is 0 Å². The Labute approximate surface area is 108 Å². The first-order valence-electron chi connectivity index (χ1n) is 6.79. The van der Waals surface area contributed by atoms with Crippen LogP contribution in [0.15, 0.2) is 0 Å².